The summed E-state index contributed by atoms with van der Waals surface area (Å²) in [5, 5.41) is 14.0. The normalized spacial score (nSPS) is 11.3. The van der Waals surface area contributed by atoms with E-state index >= 15 is 0 Å². The van der Waals surface area contributed by atoms with Crippen molar-refractivity contribution in [2.24, 2.45) is 5.10 Å². The van der Waals surface area contributed by atoms with Gasteiger partial charge in [-0.2, -0.15) is 9.78 Å². The third kappa shape index (κ3) is 2.68. The van der Waals surface area contributed by atoms with E-state index in [0.717, 1.165) is 10.7 Å². The second kappa shape index (κ2) is 5.73. The smallest absolute Gasteiger partial charge is 0.192 e. The molecule has 7 heteroatoms. The molecule has 0 fully saturated rings. The highest BCUT2D eigenvalue weighted by atomic mass is 35.5. The Morgan fingerprint density at radius 2 is 2.11 bits per heavy atom. The van der Waals surface area contributed by atoms with E-state index in [1.807, 2.05) is 25.3 Å². The Balaban J connectivity index is 2.36. The number of hydrogen-bond acceptors (Lipinski definition) is 4. The van der Waals surface area contributed by atoms with Crippen LogP contribution in [-0.4, -0.2) is 27.3 Å². The number of benzene rings is 1. The highest BCUT2D eigenvalue weighted by Gasteiger charge is 2.06. The van der Waals surface area contributed by atoms with Crippen molar-refractivity contribution >= 4 is 41.2 Å². The predicted octanol–water partition coefficient (Wildman–Crippen LogP) is 3.50. The van der Waals surface area contributed by atoms with E-state index in [4.69, 9.17) is 23.2 Å². The van der Waals surface area contributed by atoms with Gasteiger partial charge in [-0.3, -0.25) is 0 Å². The van der Waals surface area contributed by atoms with Gasteiger partial charge in [0.2, 0.25) is 5.16 Å². The lowest BCUT2D eigenvalue weighted by atomic mass is 10.2. The molecule has 2 rings (SSSR count). The summed E-state index contributed by atoms with van der Waals surface area (Å²) in [4.78, 5) is 0. The molecule has 0 bridgehead atoms. The molecule has 0 N–H and O–H groups in total. The van der Waals surface area contributed by atoms with E-state index in [9.17, 15) is 0 Å². The fraction of sp³-hybridized carbons (Fsp3) is 0.182. The number of nitrogens with zero attached hydrogens (tertiary/aromatic N) is 4. The minimum atomic E-state index is 0.486. The summed E-state index contributed by atoms with van der Waals surface area (Å²) < 4.78 is 1.65. The van der Waals surface area contributed by atoms with Crippen molar-refractivity contribution in [1.29, 1.82) is 0 Å². The third-order valence-corrected chi connectivity index (χ3v) is 3.70. The molecule has 0 amide bonds. The fourth-order valence-electron chi connectivity index (χ4n) is 1.34. The molecule has 0 aliphatic carbocycles. The summed E-state index contributed by atoms with van der Waals surface area (Å²) in [6.07, 6.45) is 3.56. The Hall–Kier alpha value is -1.04. The minimum Gasteiger partial charge on any atom is -0.192 e. The van der Waals surface area contributed by atoms with Crippen LogP contribution in [0.15, 0.2) is 28.5 Å². The van der Waals surface area contributed by atoms with Crippen LogP contribution in [0.5, 0.6) is 0 Å². The van der Waals surface area contributed by atoms with Crippen molar-refractivity contribution in [3.05, 3.63) is 39.6 Å². The van der Waals surface area contributed by atoms with Crippen molar-refractivity contribution in [3.63, 3.8) is 0 Å². The molecule has 18 heavy (non-hydrogen) atoms. The van der Waals surface area contributed by atoms with E-state index in [-0.39, 0.29) is 0 Å². The first-order chi connectivity index (χ1) is 8.63. The maximum absolute atomic E-state index is 6.08. The summed E-state index contributed by atoms with van der Waals surface area (Å²) in [6, 6.07) is 5.40. The van der Waals surface area contributed by atoms with Gasteiger partial charge >= 0.3 is 0 Å². The summed E-state index contributed by atoms with van der Waals surface area (Å²) in [5.41, 5.74) is 0.754. The van der Waals surface area contributed by atoms with Crippen LogP contribution in [0.4, 0.5) is 0 Å². The van der Waals surface area contributed by atoms with Gasteiger partial charge < -0.3 is 0 Å². The number of thioether (sulfide) groups is 1. The van der Waals surface area contributed by atoms with Gasteiger partial charge in [0.25, 0.3) is 0 Å². The Kier molecular flexibility index (Phi) is 4.27. The molecule has 0 saturated carbocycles. The monoisotopic (exact) mass is 300 g/mol. The van der Waals surface area contributed by atoms with Crippen molar-refractivity contribution in [3.8, 4) is 0 Å². The largest absolute Gasteiger partial charge is 0.211 e. The zero-order chi connectivity index (χ0) is 13.1. The van der Waals surface area contributed by atoms with Gasteiger partial charge in [-0.15, -0.1) is 10.2 Å². The fourth-order valence-corrected chi connectivity index (χ4v) is 2.17. The maximum Gasteiger partial charge on any atom is 0.211 e. The molecule has 0 aliphatic heterocycles. The molecule has 4 nitrogen and oxygen atoms in total. The van der Waals surface area contributed by atoms with Gasteiger partial charge in [-0.1, -0.05) is 47.1 Å². The Labute approximate surface area is 119 Å². The molecule has 0 atom stereocenters. The Bertz CT molecular complexity index is 595. The average Bonchev–Trinajstić information content (AvgIpc) is 2.72. The topological polar surface area (TPSA) is 43.1 Å². The Morgan fingerprint density at radius 1 is 1.33 bits per heavy atom. The van der Waals surface area contributed by atoms with E-state index < -0.39 is 0 Å². The molecule has 0 unspecified atom stereocenters. The second-order valence-corrected chi connectivity index (χ2v) is 4.99. The highest BCUT2D eigenvalue weighted by Crippen LogP contribution is 2.24. The zero-order valence-electron chi connectivity index (χ0n) is 9.76. The second-order valence-electron chi connectivity index (χ2n) is 3.43. The van der Waals surface area contributed by atoms with Gasteiger partial charge in [-0.25, -0.2) is 0 Å². The summed E-state index contributed by atoms with van der Waals surface area (Å²) in [6.45, 7) is 1.84. The summed E-state index contributed by atoms with van der Waals surface area (Å²) >= 11 is 13.5. The van der Waals surface area contributed by atoms with Crippen molar-refractivity contribution < 1.29 is 0 Å². The van der Waals surface area contributed by atoms with E-state index in [2.05, 4.69) is 15.3 Å². The number of aryl methyl sites for hydroxylation is 1. The first-order valence-electron chi connectivity index (χ1n) is 5.08. The highest BCUT2D eigenvalue weighted by molar-refractivity contribution is 7.98. The van der Waals surface area contributed by atoms with Gasteiger partial charge in [0.15, 0.2) is 5.82 Å². The molecule has 94 valence electrons. The van der Waals surface area contributed by atoms with Crippen molar-refractivity contribution in [2.75, 3.05) is 6.26 Å². The average molecular weight is 301 g/mol. The lowest BCUT2D eigenvalue weighted by molar-refractivity contribution is 0.745. The molecule has 0 radical (unpaired) electrons. The molecule has 1 heterocycles. The van der Waals surface area contributed by atoms with Crippen molar-refractivity contribution in [1.82, 2.24) is 14.9 Å². The number of aromatic nitrogens is 3. The molecule has 0 spiro atoms. The van der Waals surface area contributed by atoms with Crippen LogP contribution < -0.4 is 0 Å². The molecule has 1 aromatic heterocycles. The number of hydrogen-bond donors (Lipinski definition) is 0. The quantitative estimate of drug-likeness (QED) is 0.644. The standard InChI is InChI=1S/C11H10Cl2N4S/c1-7-15-16-11(18-2)17(7)14-6-8-4-3-5-9(12)10(8)13/h3-6H,1-2H3/b14-6-. The maximum atomic E-state index is 6.08. The van der Waals surface area contributed by atoms with Crippen LogP contribution in [0.2, 0.25) is 10.0 Å². The third-order valence-electron chi connectivity index (χ3n) is 2.24. The predicted molar refractivity (Wildman–Crippen MR) is 76.0 cm³/mol. The lowest BCUT2D eigenvalue weighted by Crippen LogP contribution is -1.96. The van der Waals surface area contributed by atoms with Crippen LogP contribution in [0.3, 0.4) is 0 Å². The van der Waals surface area contributed by atoms with Gasteiger partial charge in [0.1, 0.15) is 0 Å². The number of halogens is 2. The first kappa shape index (κ1) is 13.4. The zero-order valence-corrected chi connectivity index (χ0v) is 12.1. The van der Waals surface area contributed by atoms with Crippen molar-refractivity contribution in [2.45, 2.75) is 12.1 Å². The van der Waals surface area contributed by atoms with Crippen LogP contribution in [0.25, 0.3) is 0 Å². The van der Waals surface area contributed by atoms with Gasteiger partial charge in [-0.05, 0) is 19.2 Å². The molecule has 0 saturated heterocycles. The lowest BCUT2D eigenvalue weighted by Gasteiger charge is -2.01. The molecular formula is C11H10Cl2N4S. The molecule has 1 aromatic carbocycles. The summed E-state index contributed by atoms with van der Waals surface area (Å²) in [7, 11) is 0. The Morgan fingerprint density at radius 3 is 2.83 bits per heavy atom. The van der Waals surface area contributed by atoms with Crippen LogP contribution >= 0.6 is 35.0 Å². The summed E-state index contributed by atoms with van der Waals surface area (Å²) in [5.74, 6) is 0.716. The minimum absolute atomic E-state index is 0.486. The molecule has 2 aromatic rings. The SMILES string of the molecule is CSc1nnc(C)n1/N=C\c1cccc(Cl)c1Cl. The van der Waals surface area contributed by atoms with Crippen LogP contribution in [0, 0.1) is 6.92 Å². The van der Waals surface area contributed by atoms with E-state index in [0.29, 0.717) is 15.9 Å². The molecular weight excluding hydrogens is 291 g/mol. The number of rotatable bonds is 3. The van der Waals surface area contributed by atoms with Crippen LogP contribution in [0.1, 0.15) is 11.4 Å². The van der Waals surface area contributed by atoms with Gasteiger partial charge in [0, 0.05) is 5.56 Å². The van der Waals surface area contributed by atoms with E-state index in [1.54, 1.807) is 17.0 Å². The first-order valence-corrected chi connectivity index (χ1v) is 7.06. The van der Waals surface area contributed by atoms with Gasteiger partial charge in [0.05, 0.1) is 16.3 Å². The van der Waals surface area contributed by atoms with Crippen LogP contribution in [-0.2, 0) is 0 Å². The van der Waals surface area contributed by atoms with E-state index in [1.165, 1.54) is 11.8 Å². The molecule has 0 aliphatic rings.